The van der Waals surface area contributed by atoms with E-state index in [2.05, 4.69) is 5.32 Å². The van der Waals surface area contributed by atoms with Gasteiger partial charge in [-0.2, -0.15) is 0 Å². The summed E-state index contributed by atoms with van der Waals surface area (Å²) in [6, 6.07) is 21.2. The topological polar surface area (TPSA) is 66.8 Å². The molecule has 1 aromatic heterocycles. The molecule has 35 heavy (non-hydrogen) atoms. The molecule has 0 unspecified atom stereocenters. The summed E-state index contributed by atoms with van der Waals surface area (Å²) in [5.41, 5.74) is 3.89. The van der Waals surface area contributed by atoms with Crippen LogP contribution < -0.4 is 5.32 Å². The molecule has 1 heterocycles. The average Bonchev–Trinajstić information content (AvgIpc) is 3.26. The molecular formula is C28H36N4O3. The molecule has 7 heteroatoms. The highest BCUT2D eigenvalue weighted by Gasteiger charge is 2.22. The number of hydrogen-bond donors (Lipinski definition) is 1. The molecule has 0 aliphatic carbocycles. The maximum absolute atomic E-state index is 13.5. The number of aryl methyl sites for hydroxylation is 2. The second kappa shape index (κ2) is 13.3. The lowest BCUT2D eigenvalue weighted by atomic mass is 10.2. The molecule has 186 valence electrons. The molecule has 1 N–H and O–H groups in total. The molecule has 3 rings (SSSR count). The fourth-order valence-electron chi connectivity index (χ4n) is 3.75. The van der Waals surface area contributed by atoms with E-state index < -0.39 is 0 Å². The molecule has 0 aliphatic rings. The van der Waals surface area contributed by atoms with Crippen molar-refractivity contribution in [3.05, 3.63) is 89.7 Å². The van der Waals surface area contributed by atoms with E-state index in [1.807, 2.05) is 98.4 Å². The van der Waals surface area contributed by atoms with Crippen molar-refractivity contribution >= 4 is 17.6 Å². The maximum Gasteiger partial charge on any atom is 0.322 e. The molecule has 0 bridgehead atoms. The Balaban J connectivity index is 1.75. The van der Waals surface area contributed by atoms with Gasteiger partial charge in [-0.3, -0.25) is 4.79 Å². The number of rotatable bonds is 12. The van der Waals surface area contributed by atoms with Crippen LogP contribution in [0.4, 0.5) is 10.5 Å². The summed E-state index contributed by atoms with van der Waals surface area (Å²) < 4.78 is 7.46. The van der Waals surface area contributed by atoms with Crippen molar-refractivity contribution in [1.82, 2.24) is 14.4 Å². The van der Waals surface area contributed by atoms with Gasteiger partial charge in [-0.1, -0.05) is 48.0 Å². The highest BCUT2D eigenvalue weighted by Crippen LogP contribution is 2.13. The number of nitrogens with one attached hydrogen (secondary N) is 1. The van der Waals surface area contributed by atoms with E-state index in [1.165, 1.54) is 0 Å². The van der Waals surface area contributed by atoms with Gasteiger partial charge >= 0.3 is 6.03 Å². The van der Waals surface area contributed by atoms with Crippen molar-refractivity contribution in [3.8, 4) is 0 Å². The van der Waals surface area contributed by atoms with Crippen LogP contribution in [0.1, 0.15) is 30.2 Å². The highest BCUT2D eigenvalue weighted by atomic mass is 16.5. The lowest BCUT2D eigenvalue weighted by molar-refractivity contribution is -0.133. The van der Waals surface area contributed by atoms with Gasteiger partial charge in [-0.25, -0.2) is 4.79 Å². The Hall–Kier alpha value is -3.58. The molecule has 0 atom stereocenters. The van der Waals surface area contributed by atoms with Gasteiger partial charge in [0.2, 0.25) is 5.91 Å². The number of aromatic nitrogens is 1. The third-order valence-corrected chi connectivity index (χ3v) is 5.81. The molecule has 0 aliphatic heterocycles. The van der Waals surface area contributed by atoms with Gasteiger partial charge in [0.05, 0.1) is 6.54 Å². The molecule has 0 spiro atoms. The minimum Gasteiger partial charge on any atom is -0.382 e. The minimum absolute atomic E-state index is 0.0128. The van der Waals surface area contributed by atoms with Crippen molar-refractivity contribution in [2.45, 2.75) is 33.4 Å². The SMILES string of the molecule is CCOCCCN(CC(=O)N(Cc1ccccc1)Cc1cccn1C)C(=O)Nc1ccc(C)cc1. The fourth-order valence-corrected chi connectivity index (χ4v) is 3.75. The summed E-state index contributed by atoms with van der Waals surface area (Å²) >= 11 is 0. The molecule has 0 saturated carbocycles. The monoisotopic (exact) mass is 476 g/mol. The summed E-state index contributed by atoms with van der Waals surface area (Å²) in [6.45, 7) is 6.44. The Kier molecular flexibility index (Phi) is 9.93. The number of urea groups is 1. The first-order valence-corrected chi connectivity index (χ1v) is 12.1. The predicted octanol–water partition coefficient (Wildman–Crippen LogP) is 4.82. The zero-order valence-corrected chi connectivity index (χ0v) is 20.9. The van der Waals surface area contributed by atoms with E-state index in [9.17, 15) is 9.59 Å². The standard InChI is InChI=1S/C28H36N4O3/c1-4-35-19-9-18-31(28(34)29-25-15-13-23(2)14-16-25)22-27(33)32(20-24-10-6-5-7-11-24)21-26-12-8-17-30(26)3/h5-8,10-17H,4,9,18-22H2,1-3H3,(H,29,34). The quantitative estimate of drug-likeness (QED) is 0.381. The van der Waals surface area contributed by atoms with E-state index in [4.69, 9.17) is 4.74 Å². The summed E-state index contributed by atoms with van der Waals surface area (Å²) in [5.74, 6) is -0.106. The van der Waals surface area contributed by atoms with Crippen LogP contribution in [-0.2, 0) is 29.7 Å². The third kappa shape index (κ3) is 8.30. The number of carbonyl (C=O) groups is 2. The normalized spacial score (nSPS) is 10.7. The van der Waals surface area contributed by atoms with Crippen molar-refractivity contribution in [2.75, 3.05) is 31.6 Å². The molecule has 2 aromatic carbocycles. The van der Waals surface area contributed by atoms with Gasteiger partial charge in [0.15, 0.2) is 0 Å². The van der Waals surface area contributed by atoms with Crippen molar-refractivity contribution in [2.24, 2.45) is 7.05 Å². The zero-order valence-electron chi connectivity index (χ0n) is 20.9. The lowest BCUT2D eigenvalue weighted by Gasteiger charge is -2.28. The highest BCUT2D eigenvalue weighted by molar-refractivity contribution is 5.92. The Morgan fingerprint density at radius 1 is 0.943 bits per heavy atom. The number of nitrogens with zero attached hydrogens (tertiary/aromatic N) is 3. The Bertz CT molecular complexity index is 1060. The van der Waals surface area contributed by atoms with Crippen LogP contribution in [0, 0.1) is 6.92 Å². The van der Waals surface area contributed by atoms with E-state index in [-0.39, 0.29) is 18.5 Å². The van der Waals surface area contributed by atoms with E-state index >= 15 is 0 Å². The van der Waals surface area contributed by atoms with Gasteiger partial charge in [-0.05, 0) is 50.1 Å². The van der Waals surface area contributed by atoms with Gasteiger partial charge in [0.25, 0.3) is 0 Å². The van der Waals surface area contributed by atoms with Crippen LogP contribution in [-0.4, -0.2) is 52.6 Å². The molecule has 3 aromatic rings. The van der Waals surface area contributed by atoms with Crippen molar-refractivity contribution in [1.29, 1.82) is 0 Å². The fraction of sp³-hybridized carbons (Fsp3) is 0.357. The zero-order chi connectivity index (χ0) is 25.0. The summed E-state index contributed by atoms with van der Waals surface area (Å²) in [7, 11) is 1.97. The van der Waals surface area contributed by atoms with Gasteiger partial charge < -0.3 is 24.4 Å². The van der Waals surface area contributed by atoms with Gasteiger partial charge in [-0.15, -0.1) is 0 Å². The van der Waals surface area contributed by atoms with Crippen LogP contribution in [0.15, 0.2) is 72.9 Å². The van der Waals surface area contributed by atoms with Crippen molar-refractivity contribution < 1.29 is 14.3 Å². The maximum atomic E-state index is 13.5. The second-order valence-corrected chi connectivity index (χ2v) is 8.61. The number of hydrogen-bond acceptors (Lipinski definition) is 3. The summed E-state index contributed by atoms with van der Waals surface area (Å²) in [4.78, 5) is 30.1. The van der Waals surface area contributed by atoms with E-state index in [0.29, 0.717) is 45.0 Å². The molecule has 3 amide bonds. The van der Waals surface area contributed by atoms with Crippen LogP contribution in [0.3, 0.4) is 0 Å². The Morgan fingerprint density at radius 3 is 2.34 bits per heavy atom. The molecule has 0 fully saturated rings. The molecule has 0 radical (unpaired) electrons. The molecule has 7 nitrogen and oxygen atoms in total. The van der Waals surface area contributed by atoms with Crippen LogP contribution in [0.2, 0.25) is 0 Å². The number of amides is 3. The number of carbonyl (C=O) groups excluding carboxylic acids is 2. The largest absolute Gasteiger partial charge is 0.382 e. The number of anilines is 1. The molecule has 0 saturated heterocycles. The lowest BCUT2D eigenvalue weighted by Crippen LogP contribution is -2.44. The van der Waals surface area contributed by atoms with Crippen LogP contribution in [0.25, 0.3) is 0 Å². The third-order valence-electron chi connectivity index (χ3n) is 5.81. The van der Waals surface area contributed by atoms with Gasteiger partial charge in [0.1, 0.15) is 6.54 Å². The predicted molar refractivity (Wildman–Crippen MR) is 139 cm³/mol. The smallest absolute Gasteiger partial charge is 0.322 e. The first kappa shape index (κ1) is 26.0. The van der Waals surface area contributed by atoms with Crippen LogP contribution in [0.5, 0.6) is 0 Å². The first-order valence-electron chi connectivity index (χ1n) is 12.1. The number of benzene rings is 2. The molecular weight excluding hydrogens is 440 g/mol. The van der Waals surface area contributed by atoms with Gasteiger partial charge in [0, 0.05) is 50.9 Å². The first-order chi connectivity index (χ1) is 17.0. The Labute approximate surface area is 208 Å². The van der Waals surface area contributed by atoms with E-state index in [0.717, 1.165) is 16.8 Å². The number of ether oxygens (including phenoxy) is 1. The second-order valence-electron chi connectivity index (χ2n) is 8.61. The summed E-state index contributed by atoms with van der Waals surface area (Å²) in [6.07, 6.45) is 2.62. The van der Waals surface area contributed by atoms with Crippen LogP contribution >= 0.6 is 0 Å². The summed E-state index contributed by atoms with van der Waals surface area (Å²) in [5, 5.41) is 2.93. The van der Waals surface area contributed by atoms with E-state index in [1.54, 1.807) is 9.80 Å². The Morgan fingerprint density at radius 2 is 1.69 bits per heavy atom. The van der Waals surface area contributed by atoms with Crippen molar-refractivity contribution in [3.63, 3.8) is 0 Å². The average molecular weight is 477 g/mol. The minimum atomic E-state index is -0.294.